The molecule has 2 fully saturated rings. The van der Waals surface area contributed by atoms with E-state index in [1.807, 2.05) is 0 Å². The van der Waals surface area contributed by atoms with Crippen LogP contribution in [0.5, 0.6) is 0 Å². The number of carbonyl (C=O) groups excluding carboxylic acids is 2. The molecular formula is C20H24O4. The third-order valence-corrected chi connectivity index (χ3v) is 8.00. The van der Waals surface area contributed by atoms with Gasteiger partial charge < -0.3 is 9.84 Å². The lowest BCUT2D eigenvalue weighted by Crippen LogP contribution is -2.49. The number of carbonyl (C=O) groups is 2. The smallest absolute Gasteiger partial charge is 0.334 e. The second-order valence-corrected chi connectivity index (χ2v) is 9.03. The molecule has 5 aliphatic rings. The molecule has 1 heterocycles. The Hall–Kier alpha value is -1.42. The minimum atomic E-state index is -0.696. The number of rotatable bonds is 0. The first kappa shape index (κ1) is 14.9. The van der Waals surface area contributed by atoms with Crippen LogP contribution in [0.15, 0.2) is 22.3 Å². The highest BCUT2D eigenvalue weighted by molar-refractivity contribution is 6.16. The molecule has 5 rings (SSSR count). The van der Waals surface area contributed by atoms with Crippen LogP contribution in [0.3, 0.4) is 0 Å². The van der Waals surface area contributed by atoms with E-state index in [1.165, 1.54) is 12.8 Å². The average Bonchev–Trinajstić information content (AvgIpc) is 3.12. The maximum atomic E-state index is 13.1. The molecule has 0 bridgehead atoms. The number of esters is 1. The van der Waals surface area contributed by atoms with Crippen LogP contribution in [0.2, 0.25) is 0 Å². The Morgan fingerprint density at radius 3 is 2.71 bits per heavy atom. The zero-order valence-electron chi connectivity index (χ0n) is 14.5. The fourth-order valence-corrected chi connectivity index (χ4v) is 6.50. The quantitative estimate of drug-likeness (QED) is 0.695. The number of ether oxygens (including phenoxy) is 1. The Kier molecular flexibility index (Phi) is 2.61. The number of hydrogen-bond donors (Lipinski definition) is 1. The van der Waals surface area contributed by atoms with Crippen molar-refractivity contribution in [2.75, 3.05) is 0 Å². The molecule has 0 aromatic carbocycles. The molecule has 1 unspecified atom stereocenters. The molecule has 0 radical (unpaired) electrons. The average molecular weight is 328 g/mol. The maximum Gasteiger partial charge on any atom is 0.334 e. The lowest BCUT2D eigenvalue weighted by atomic mass is 9.51. The van der Waals surface area contributed by atoms with E-state index >= 15 is 0 Å². The molecule has 0 saturated heterocycles. The van der Waals surface area contributed by atoms with Gasteiger partial charge in [-0.15, -0.1) is 0 Å². The van der Waals surface area contributed by atoms with Crippen molar-refractivity contribution in [3.8, 4) is 0 Å². The third kappa shape index (κ3) is 1.54. The Bertz CT molecular complexity index is 760. The van der Waals surface area contributed by atoms with Gasteiger partial charge in [-0.1, -0.05) is 19.4 Å². The summed E-state index contributed by atoms with van der Waals surface area (Å²) in [6.07, 6.45) is 3.67. The van der Waals surface area contributed by atoms with Crippen LogP contribution >= 0.6 is 0 Å². The lowest BCUT2D eigenvalue weighted by Gasteiger charge is -2.53. The van der Waals surface area contributed by atoms with Gasteiger partial charge in [0, 0.05) is 17.6 Å². The van der Waals surface area contributed by atoms with Gasteiger partial charge in [0.2, 0.25) is 0 Å². The van der Waals surface area contributed by atoms with Crippen LogP contribution in [-0.2, 0) is 14.3 Å². The number of fused-ring (bicyclic) bond motifs is 5. The van der Waals surface area contributed by atoms with Crippen LogP contribution < -0.4 is 0 Å². The summed E-state index contributed by atoms with van der Waals surface area (Å²) in [5.41, 5.74) is 2.86. The summed E-state index contributed by atoms with van der Waals surface area (Å²) >= 11 is 0. The molecule has 2 saturated carbocycles. The molecule has 0 spiro atoms. The number of aliphatic hydroxyl groups is 1. The van der Waals surface area contributed by atoms with Crippen molar-refractivity contribution in [1.29, 1.82) is 0 Å². The fourth-order valence-electron chi connectivity index (χ4n) is 6.50. The number of ketones is 1. The normalized spacial score (nSPS) is 49.3. The van der Waals surface area contributed by atoms with Gasteiger partial charge in [-0.05, 0) is 55.3 Å². The summed E-state index contributed by atoms with van der Waals surface area (Å²) in [7, 11) is 0. The van der Waals surface area contributed by atoms with Gasteiger partial charge in [0.15, 0.2) is 5.78 Å². The first-order valence-electron chi connectivity index (χ1n) is 9.15. The molecule has 1 N–H and O–H groups in total. The van der Waals surface area contributed by atoms with Gasteiger partial charge in [-0.3, -0.25) is 4.79 Å². The molecule has 4 heteroatoms. The molecule has 128 valence electrons. The Morgan fingerprint density at radius 2 is 1.96 bits per heavy atom. The van der Waals surface area contributed by atoms with Crippen molar-refractivity contribution in [3.05, 3.63) is 22.3 Å². The summed E-state index contributed by atoms with van der Waals surface area (Å²) < 4.78 is 5.47. The highest BCUT2D eigenvalue weighted by Crippen LogP contribution is 2.73. The van der Waals surface area contributed by atoms with E-state index < -0.39 is 12.2 Å². The van der Waals surface area contributed by atoms with E-state index in [1.54, 1.807) is 6.92 Å². The van der Waals surface area contributed by atoms with Crippen molar-refractivity contribution in [3.63, 3.8) is 0 Å². The Labute approximate surface area is 141 Å². The van der Waals surface area contributed by atoms with Gasteiger partial charge in [-0.2, -0.15) is 0 Å². The molecule has 1 aliphatic heterocycles. The second kappa shape index (κ2) is 4.21. The first-order valence-corrected chi connectivity index (χ1v) is 9.15. The largest absolute Gasteiger partial charge is 0.454 e. The van der Waals surface area contributed by atoms with E-state index in [2.05, 4.69) is 13.8 Å². The van der Waals surface area contributed by atoms with E-state index in [0.29, 0.717) is 40.9 Å². The van der Waals surface area contributed by atoms with E-state index in [0.717, 1.165) is 17.9 Å². The zero-order chi connectivity index (χ0) is 17.0. The minimum Gasteiger partial charge on any atom is -0.454 e. The topological polar surface area (TPSA) is 63.6 Å². The van der Waals surface area contributed by atoms with Gasteiger partial charge in [-0.25, -0.2) is 4.79 Å². The highest BCUT2D eigenvalue weighted by Gasteiger charge is 2.66. The zero-order valence-corrected chi connectivity index (χ0v) is 14.5. The number of aliphatic hydroxyl groups excluding tert-OH is 1. The highest BCUT2D eigenvalue weighted by atomic mass is 16.5. The van der Waals surface area contributed by atoms with E-state index in [9.17, 15) is 14.7 Å². The molecule has 24 heavy (non-hydrogen) atoms. The minimum absolute atomic E-state index is 0.0413. The summed E-state index contributed by atoms with van der Waals surface area (Å²) in [5.74, 6) is 0.692. The molecular weight excluding hydrogens is 304 g/mol. The first-order chi connectivity index (χ1) is 11.3. The summed E-state index contributed by atoms with van der Waals surface area (Å²) in [6, 6.07) is 0. The Balaban J connectivity index is 1.66. The van der Waals surface area contributed by atoms with E-state index in [-0.39, 0.29) is 17.2 Å². The monoisotopic (exact) mass is 328 g/mol. The Morgan fingerprint density at radius 1 is 1.21 bits per heavy atom. The van der Waals surface area contributed by atoms with Crippen LogP contribution in [0.1, 0.15) is 52.9 Å². The molecule has 6 atom stereocenters. The maximum absolute atomic E-state index is 13.1. The number of Topliss-reactive ketones (excluding diaryl/α,β-unsaturated/α-hetero) is 1. The molecule has 0 amide bonds. The third-order valence-electron chi connectivity index (χ3n) is 8.00. The molecule has 0 aromatic rings. The SMILES string of the molecule is CC1=C2C(=O)C3=C(C[C@H]2OC1=O)[C@]1(C)CCC2C[C@]2(C)[C@H]1C[C@@H]3O. The number of hydrogen-bond acceptors (Lipinski definition) is 4. The van der Waals surface area contributed by atoms with Crippen LogP contribution in [0, 0.1) is 22.7 Å². The molecule has 0 aromatic heterocycles. The summed E-state index contributed by atoms with van der Waals surface area (Å²) in [6.45, 7) is 6.30. The predicted molar refractivity (Wildman–Crippen MR) is 86.9 cm³/mol. The van der Waals surface area contributed by atoms with Crippen molar-refractivity contribution in [2.45, 2.75) is 65.1 Å². The fraction of sp³-hybridized carbons (Fsp3) is 0.700. The van der Waals surface area contributed by atoms with Gasteiger partial charge in [0.25, 0.3) is 0 Å². The second-order valence-electron chi connectivity index (χ2n) is 9.03. The van der Waals surface area contributed by atoms with Gasteiger partial charge >= 0.3 is 5.97 Å². The van der Waals surface area contributed by atoms with Crippen LogP contribution in [0.25, 0.3) is 0 Å². The predicted octanol–water partition coefficient (Wildman–Crippen LogP) is 2.70. The van der Waals surface area contributed by atoms with Crippen molar-refractivity contribution < 1.29 is 19.4 Å². The van der Waals surface area contributed by atoms with Crippen LogP contribution in [-0.4, -0.2) is 29.1 Å². The van der Waals surface area contributed by atoms with Gasteiger partial charge in [0.1, 0.15) is 6.10 Å². The van der Waals surface area contributed by atoms with Gasteiger partial charge in [0.05, 0.1) is 11.7 Å². The summed E-state index contributed by atoms with van der Waals surface area (Å²) in [5, 5.41) is 10.8. The lowest BCUT2D eigenvalue weighted by molar-refractivity contribution is -0.140. The van der Waals surface area contributed by atoms with Crippen molar-refractivity contribution in [2.24, 2.45) is 22.7 Å². The molecule has 4 aliphatic carbocycles. The summed E-state index contributed by atoms with van der Waals surface area (Å²) in [4.78, 5) is 25.0. The van der Waals surface area contributed by atoms with Crippen molar-refractivity contribution >= 4 is 11.8 Å². The standard InChI is InChI=1S/C20H24O4/c1-9-15-13(24-18(9)23)6-11-16(17(15)22)12(21)7-14-19(11,2)5-4-10-8-20(10,14)3/h10,12-14,21H,4-8H2,1-3H3/t10?,12-,13+,14-,19-,20-/m0/s1. The van der Waals surface area contributed by atoms with Crippen molar-refractivity contribution in [1.82, 2.24) is 0 Å². The van der Waals surface area contributed by atoms with E-state index in [4.69, 9.17) is 4.74 Å². The van der Waals surface area contributed by atoms with Crippen LogP contribution in [0.4, 0.5) is 0 Å². The molecule has 4 nitrogen and oxygen atoms in total.